The van der Waals surface area contributed by atoms with Crippen LogP contribution in [0.1, 0.15) is 59.8 Å². The van der Waals surface area contributed by atoms with Gasteiger partial charge in [0.05, 0.1) is 0 Å². The molecule has 0 radical (unpaired) electrons. The first-order valence-corrected chi connectivity index (χ1v) is 6.33. The van der Waals surface area contributed by atoms with Crippen LogP contribution in [0.25, 0.3) is 0 Å². The lowest BCUT2D eigenvalue weighted by Crippen LogP contribution is -2.09. The van der Waals surface area contributed by atoms with E-state index < -0.39 is 0 Å². The Morgan fingerprint density at radius 1 is 1.27 bits per heavy atom. The Bertz CT molecular complexity index is 243. The average Bonchev–Trinajstić information content (AvgIpc) is 2.15. The quantitative estimate of drug-likeness (QED) is 0.483. The van der Waals surface area contributed by atoms with E-state index in [1.807, 2.05) is 0 Å². The highest BCUT2D eigenvalue weighted by atomic mass is 14.2. The van der Waals surface area contributed by atoms with Crippen LogP contribution < -0.4 is 0 Å². The molecule has 0 aromatic rings. The molecule has 0 amide bonds. The first kappa shape index (κ1) is 12.5. The predicted octanol–water partition coefficient (Wildman–Crippen LogP) is 5.12. The third kappa shape index (κ3) is 5.20. The van der Waals surface area contributed by atoms with Crippen molar-refractivity contribution in [1.29, 1.82) is 0 Å². The lowest BCUT2D eigenvalue weighted by molar-refractivity contribution is 0.362. The Labute approximate surface area is 95.5 Å². The molecule has 0 aromatic carbocycles. The molecule has 0 aliphatic heterocycles. The standard InChI is InChI=1S/C15H26/c1-13-7-5-8-14(2)10-12-15(3,4)11-6-9-13/h6-7,11,14H,5,8-10,12H2,1-4H3/b11-6+,13-7+. The summed E-state index contributed by atoms with van der Waals surface area (Å²) in [5, 5.41) is 0. The van der Waals surface area contributed by atoms with Crippen molar-refractivity contribution in [2.45, 2.75) is 59.8 Å². The molecule has 0 heterocycles. The molecule has 0 nitrogen and oxygen atoms in total. The van der Waals surface area contributed by atoms with Crippen molar-refractivity contribution in [1.82, 2.24) is 0 Å². The minimum atomic E-state index is 0.388. The number of hydrogen-bond acceptors (Lipinski definition) is 0. The number of hydrogen-bond donors (Lipinski definition) is 0. The third-order valence-electron chi connectivity index (χ3n) is 3.44. The summed E-state index contributed by atoms with van der Waals surface area (Å²) in [5.74, 6) is 0.875. The van der Waals surface area contributed by atoms with Crippen LogP contribution in [-0.2, 0) is 0 Å². The molecule has 0 N–H and O–H groups in total. The van der Waals surface area contributed by atoms with E-state index in [4.69, 9.17) is 0 Å². The van der Waals surface area contributed by atoms with Gasteiger partial charge in [0.2, 0.25) is 0 Å². The van der Waals surface area contributed by atoms with Crippen LogP contribution in [0, 0.1) is 11.3 Å². The molecule has 0 spiro atoms. The smallest absolute Gasteiger partial charge is 0.0141 e. The van der Waals surface area contributed by atoms with Crippen LogP contribution in [0.4, 0.5) is 0 Å². The summed E-state index contributed by atoms with van der Waals surface area (Å²) in [5.41, 5.74) is 1.91. The lowest BCUT2D eigenvalue weighted by Gasteiger charge is -2.22. The molecule has 0 saturated heterocycles. The largest absolute Gasteiger partial charge is 0.0853 e. The Hall–Kier alpha value is -0.520. The van der Waals surface area contributed by atoms with Gasteiger partial charge in [-0.15, -0.1) is 0 Å². The van der Waals surface area contributed by atoms with Crippen molar-refractivity contribution in [3.63, 3.8) is 0 Å². The van der Waals surface area contributed by atoms with Crippen molar-refractivity contribution >= 4 is 0 Å². The minimum absolute atomic E-state index is 0.388. The predicted molar refractivity (Wildman–Crippen MR) is 68.9 cm³/mol. The molecule has 1 unspecified atom stereocenters. The first-order valence-electron chi connectivity index (χ1n) is 6.33. The maximum absolute atomic E-state index is 2.42. The minimum Gasteiger partial charge on any atom is -0.0853 e. The Balaban J connectivity index is 2.66. The van der Waals surface area contributed by atoms with Gasteiger partial charge in [-0.3, -0.25) is 0 Å². The third-order valence-corrected chi connectivity index (χ3v) is 3.44. The van der Waals surface area contributed by atoms with Crippen LogP contribution in [0.5, 0.6) is 0 Å². The van der Waals surface area contributed by atoms with E-state index in [0.717, 1.165) is 12.3 Å². The molecule has 0 bridgehead atoms. The Morgan fingerprint density at radius 3 is 2.73 bits per heavy atom. The lowest BCUT2D eigenvalue weighted by atomic mass is 9.84. The summed E-state index contributed by atoms with van der Waals surface area (Å²) in [6, 6.07) is 0. The molecular formula is C15H26. The maximum Gasteiger partial charge on any atom is -0.0141 e. The van der Waals surface area contributed by atoms with Gasteiger partial charge in [0.25, 0.3) is 0 Å². The van der Waals surface area contributed by atoms with Crippen molar-refractivity contribution in [3.05, 3.63) is 23.8 Å². The molecule has 1 aliphatic rings. The van der Waals surface area contributed by atoms with E-state index in [-0.39, 0.29) is 0 Å². The first-order chi connectivity index (χ1) is 6.99. The zero-order valence-corrected chi connectivity index (χ0v) is 10.8. The summed E-state index contributed by atoms with van der Waals surface area (Å²) in [6.45, 7) is 9.35. The average molecular weight is 206 g/mol. The Morgan fingerprint density at radius 2 is 2.00 bits per heavy atom. The SMILES string of the molecule is C/C1=C\CCC(C)CCC(C)(C)/C=C/C1. The van der Waals surface area contributed by atoms with Gasteiger partial charge in [0.1, 0.15) is 0 Å². The second-order valence-corrected chi connectivity index (χ2v) is 5.87. The fourth-order valence-electron chi connectivity index (χ4n) is 2.11. The summed E-state index contributed by atoms with van der Waals surface area (Å²) >= 11 is 0. The Kier molecular flexibility index (Phi) is 4.63. The molecule has 86 valence electrons. The molecule has 0 saturated carbocycles. The van der Waals surface area contributed by atoms with E-state index in [9.17, 15) is 0 Å². The van der Waals surface area contributed by atoms with Crippen molar-refractivity contribution in [2.75, 3.05) is 0 Å². The highest BCUT2D eigenvalue weighted by Crippen LogP contribution is 2.29. The van der Waals surface area contributed by atoms with E-state index >= 15 is 0 Å². The highest BCUT2D eigenvalue weighted by Gasteiger charge is 2.15. The van der Waals surface area contributed by atoms with Gasteiger partial charge < -0.3 is 0 Å². The number of rotatable bonds is 0. The summed E-state index contributed by atoms with van der Waals surface area (Å²) in [6.07, 6.45) is 13.6. The van der Waals surface area contributed by atoms with Gasteiger partial charge in [0.15, 0.2) is 0 Å². The van der Waals surface area contributed by atoms with E-state index in [2.05, 4.69) is 45.9 Å². The van der Waals surface area contributed by atoms with Crippen molar-refractivity contribution < 1.29 is 0 Å². The molecule has 1 rings (SSSR count). The monoisotopic (exact) mass is 206 g/mol. The molecule has 15 heavy (non-hydrogen) atoms. The van der Waals surface area contributed by atoms with E-state index in [1.54, 1.807) is 0 Å². The summed E-state index contributed by atoms with van der Waals surface area (Å²) in [7, 11) is 0. The van der Waals surface area contributed by atoms with Crippen LogP contribution in [0.2, 0.25) is 0 Å². The van der Waals surface area contributed by atoms with Crippen molar-refractivity contribution in [3.8, 4) is 0 Å². The van der Waals surface area contributed by atoms with Gasteiger partial charge >= 0.3 is 0 Å². The van der Waals surface area contributed by atoms with E-state index in [1.165, 1.54) is 31.3 Å². The molecular weight excluding hydrogens is 180 g/mol. The molecule has 0 aromatic heterocycles. The van der Waals surface area contributed by atoms with Crippen molar-refractivity contribution in [2.24, 2.45) is 11.3 Å². The van der Waals surface area contributed by atoms with Gasteiger partial charge in [-0.2, -0.15) is 0 Å². The molecule has 1 atom stereocenters. The van der Waals surface area contributed by atoms with Gasteiger partial charge in [0, 0.05) is 0 Å². The number of allylic oxidation sites excluding steroid dienone is 4. The maximum atomic E-state index is 2.42. The molecule has 0 fully saturated rings. The van der Waals surface area contributed by atoms with Crippen LogP contribution in [0.3, 0.4) is 0 Å². The topological polar surface area (TPSA) is 0 Å². The van der Waals surface area contributed by atoms with Gasteiger partial charge in [-0.25, -0.2) is 0 Å². The second-order valence-electron chi connectivity index (χ2n) is 5.87. The summed E-state index contributed by atoms with van der Waals surface area (Å²) in [4.78, 5) is 0. The fourth-order valence-corrected chi connectivity index (χ4v) is 2.11. The van der Waals surface area contributed by atoms with E-state index in [0.29, 0.717) is 5.41 Å². The molecule has 0 heteroatoms. The van der Waals surface area contributed by atoms with Crippen LogP contribution in [-0.4, -0.2) is 0 Å². The van der Waals surface area contributed by atoms with Crippen LogP contribution >= 0.6 is 0 Å². The fraction of sp³-hybridized carbons (Fsp3) is 0.733. The normalized spacial score (nSPS) is 33.6. The van der Waals surface area contributed by atoms with Crippen LogP contribution in [0.15, 0.2) is 23.8 Å². The zero-order chi connectivity index (χ0) is 11.3. The molecule has 1 aliphatic carbocycles. The van der Waals surface area contributed by atoms with Gasteiger partial charge in [-0.1, -0.05) is 44.6 Å². The zero-order valence-electron chi connectivity index (χ0n) is 10.8. The van der Waals surface area contributed by atoms with Gasteiger partial charge in [-0.05, 0) is 50.4 Å². The summed E-state index contributed by atoms with van der Waals surface area (Å²) < 4.78 is 0. The highest BCUT2D eigenvalue weighted by molar-refractivity contribution is 5.07. The second kappa shape index (κ2) is 5.53.